The minimum absolute atomic E-state index is 0.389. The van der Waals surface area contributed by atoms with Crippen LogP contribution in [0.25, 0.3) is 0 Å². The molecule has 6 heteroatoms. The summed E-state index contributed by atoms with van der Waals surface area (Å²) in [7, 11) is 0. The van der Waals surface area contributed by atoms with Crippen molar-refractivity contribution in [3.05, 3.63) is 41.8 Å². The fourth-order valence-corrected chi connectivity index (χ4v) is 4.38. The van der Waals surface area contributed by atoms with Crippen LogP contribution in [0.15, 0.2) is 40.0 Å². The van der Waals surface area contributed by atoms with Crippen molar-refractivity contribution in [3.8, 4) is 0 Å². The molecule has 1 saturated heterocycles. The van der Waals surface area contributed by atoms with E-state index in [2.05, 4.69) is 46.3 Å². The van der Waals surface area contributed by atoms with Crippen molar-refractivity contribution in [3.63, 3.8) is 0 Å². The zero-order chi connectivity index (χ0) is 15.9. The van der Waals surface area contributed by atoms with Gasteiger partial charge >= 0.3 is 0 Å². The fourth-order valence-electron chi connectivity index (χ4n) is 2.63. The number of rotatable bonds is 7. The maximum atomic E-state index is 5.78. The van der Waals surface area contributed by atoms with Crippen LogP contribution < -0.4 is 0 Å². The molecule has 23 heavy (non-hydrogen) atoms. The van der Waals surface area contributed by atoms with E-state index in [0.717, 1.165) is 24.6 Å². The number of aromatic nitrogens is 2. The highest BCUT2D eigenvalue weighted by Crippen LogP contribution is 2.22. The van der Waals surface area contributed by atoms with Crippen molar-refractivity contribution < 1.29 is 4.42 Å². The second kappa shape index (κ2) is 8.76. The van der Waals surface area contributed by atoms with E-state index >= 15 is 0 Å². The molecule has 2 aromatic rings. The Labute approximate surface area is 146 Å². The first-order valence-electron chi connectivity index (χ1n) is 8.11. The summed E-state index contributed by atoms with van der Waals surface area (Å²) in [6.07, 6.45) is 0.793. The van der Waals surface area contributed by atoms with Crippen molar-refractivity contribution in [1.82, 2.24) is 15.1 Å². The van der Waals surface area contributed by atoms with Gasteiger partial charge in [-0.25, -0.2) is 0 Å². The van der Waals surface area contributed by atoms with Crippen molar-refractivity contribution in [2.45, 2.75) is 24.5 Å². The van der Waals surface area contributed by atoms with Crippen molar-refractivity contribution >= 4 is 23.5 Å². The molecule has 4 nitrogen and oxygen atoms in total. The van der Waals surface area contributed by atoms with Crippen LogP contribution in [-0.2, 0) is 6.42 Å². The smallest absolute Gasteiger partial charge is 0.276 e. The lowest BCUT2D eigenvalue weighted by Crippen LogP contribution is -2.34. The van der Waals surface area contributed by atoms with Crippen LogP contribution in [0.4, 0.5) is 0 Å². The highest BCUT2D eigenvalue weighted by Gasteiger charge is 2.14. The van der Waals surface area contributed by atoms with Gasteiger partial charge in [-0.15, -0.1) is 10.2 Å². The first kappa shape index (κ1) is 16.9. The Kier molecular flexibility index (Phi) is 6.42. The zero-order valence-electron chi connectivity index (χ0n) is 13.5. The maximum absolute atomic E-state index is 5.78. The fraction of sp³-hybridized carbons (Fsp3) is 0.529. The molecule has 0 amide bonds. The number of thioether (sulfide) groups is 2. The summed E-state index contributed by atoms with van der Waals surface area (Å²) >= 11 is 3.72. The third-order valence-electron chi connectivity index (χ3n) is 4.03. The van der Waals surface area contributed by atoms with Gasteiger partial charge in [0.05, 0.1) is 0 Å². The minimum atomic E-state index is 0.389. The molecular weight excluding hydrogens is 326 g/mol. The van der Waals surface area contributed by atoms with Crippen molar-refractivity contribution in [2.75, 3.05) is 36.9 Å². The second-order valence-electron chi connectivity index (χ2n) is 5.78. The molecule has 0 saturated carbocycles. The monoisotopic (exact) mass is 349 g/mol. The molecule has 2 heterocycles. The van der Waals surface area contributed by atoms with Crippen molar-refractivity contribution in [2.24, 2.45) is 0 Å². The van der Waals surface area contributed by atoms with Gasteiger partial charge in [0.25, 0.3) is 5.22 Å². The van der Waals surface area contributed by atoms with Gasteiger partial charge in [0.15, 0.2) is 0 Å². The van der Waals surface area contributed by atoms with E-state index in [0.29, 0.717) is 11.1 Å². The molecule has 1 aliphatic rings. The van der Waals surface area contributed by atoms with E-state index in [4.69, 9.17) is 4.42 Å². The van der Waals surface area contributed by atoms with Crippen LogP contribution >= 0.6 is 23.5 Å². The standard InChI is InChI=1S/C17H23N3OS2/c1-14(15-5-3-2-4-6-15)13-16-18-19-17(21-16)23-12-9-20-7-10-22-11-8-20/h2-6,14H,7-13H2,1H3/t14-/m1/s1. The topological polar surface area (TPSA) is 42.2 Å². The van der Waals surface area contributed by atoms with Gasteiger partial charge in [-0.3, -0.25) is 0 Å². The highest BCUT2D eigenvalue weighted by atomic mass is 32.2. The largest absolute Gasteiger partial charge is 0.416 e. The molecule has 0 bridgehead atoms. The van der Waals surface area contributed by atoms with Crippen molar-refractivity contribution in [1.29, 1.82) is 0 Å². The molecule has 3 rings (SSSR count). The van der Waals surface area contributed by atoms with E-state index in [1.807, 2.05) is 17.8 Å². The third-order valence-corrected chi connectivity index (χ3v) is 5.78. The maximum Gasteiger partial charge on any atom is 0.276 e. The molecule has 0 unspecified atom stereocenters. The molecule has 0 N–H and O–H groups in total. The SMILES string of the molecule is C[C@H](Cc1nnc(SCCN2CCSCC2)o1)c1ccccc1. The summed E-state index contributed by atoms with van der Waals surface area (Å²) in [5, 5.41) is 9.06. The Morgan fingerprint density at radius 2 is 2.00 bits per heavy atom. The van der Waals surface area contributed by atoms with Gasteiger partial charge in [-0.1, -0.05) is 49.0 Å². The average Bonchev–Trinajstić information content (AvgIpc) is 3.04. The molecule has 0 radical (unpaired) electrons. The molecule has 1 atom stereocenters. The Morgan fingerprint density at radius 3 is 2.78 bits per heavy atom. The summed E-state index contributed by atoms with van der Waals surface area (Å²) in [5.74, 6) is 4.65. The molecule has 1 fully saturated rings. The summed E-state index contributed by atoms with van der Waals surface area (Å²) in [6.45, 7) is 5.70. The molecule has 0 spiro atoms. The first-order valence-corrected chi connectivity index (χ1v) is 10.3. The van der Waals surface area contributed by atoms with Crippen LogP contribution in [-0.4, -0.2) is 52.0 Å². The Bertz CT molecular complexity index is 585. The highest BCUT2D eigenvalue weighted by molar-refractivity contribution is 7.99. The van der Waals surface area contributed by atoms with Gasteiger partial charge in [0.1, 0.15) is 0 Å². The molecule has 1 aliphatic heterocycles. The number of hydrogen-bond acceptors (Lipinski definition) is 6. The molecule has 1 aromatic heterocycles. The van der Waals surface area contributed by atoms with E-state index in [1.54, 1.807) is 11.8 Å². The van der Waals surface area contributed by atoms with Gasteiger partial charge in [0, 0.05) is 43.3 Å². The molecule has 124 valence electrons. The molecule has 0 aliphatic carbocycles. The summed E-state index contributed by atoms with van der Waals surface area (Å²) in [5.41, 5.74) is 1.31. The second-order valence-corrected chi connectivity index (χ2v) is 8.05. The Morgan fingerprint density at radius 1 is 1.22 bits per heavy atom. The number of nitrogens with zero attached hydrogens (tertiary/aromatic N) is 3. The van der Waals surface area contributed by atoms with E-state index in [9.17, 15) is 0 Å². The summed E-state index contributed by atoms with van der Waals surface area (Å²) in [6, 6.07) is 10.5. The van der Waals surface area contributed by atoms with Gasteiger partial charge in [-0.05, 0) is 11.5 Å². The lowest BCUT2D eigenvalue weighted by molar-refractivity contribution is 0.322. The van der Waals surface area contributed by atoms with Gasteiger partial charge in [-0.2, -0.15) is 11.8 Å². The lowest BCUT2D eigenvalue weighted by Gasteiger charge is -2.25. The third kappa shape index (κ3) is 5.26. The Balaban J connectivity index is 1.44. The average molecular weight is 350 g/mol. The lowest BCUT2D eigenvalue weighted by atomic mass is 9.98. The van der Waals surface area contributed by atoms with E-state index < -0.39 is 0 Å². The van der Waals surface area contributed by atoms with Crippen LogP contribution in [0, 0.1) is 0 Å². The zero-order valence-corrected chi connectivity index (χ0v) is 15.1. The molecular formula is C17H23N3OS2. The molecule has 1 aromatic carbocycles. The van der Waals surface area contributed by atoms with Crippen LogP contribution in [0.2, 0.25) is 0 Å². The number of hydrogen-bond donors (Lipinski definition) is 0. The summed E-state index contributed by atoms with van der Waals surface area (Å²) < 4.78 is 5.78. The quantitative estimate of drug-likeness (QED) is 0.712. The van der Waals surface area contributed by atoms with Crippen LogP contribution in [0.5, 0.6) is 0 Å². The van der Waals surface area contributed by atoms with Gasteiger partial charge in [0.2, 0.25) is 5.89 Å². The predicted octanol–water partition coefficient (Wildman–Crippen LogP) is 3.56. The van der Waals surface area contributed by atoms with Crippen LogP contribution in [0.1, 0.15) is 24.3 Å². The van der Waals surface area contributed by atoms with Gasteiger partial charge < -0.3 is 9.32 Å². The first-order chi connectivity index (χ1) is 11.3. The predicted molar refractivity (Wildman–Crippen MR) is 97.3 cm³/mol. The number of benzene rings is 1. The summed E-state index contributed by atoms with van der Waals surface area (Å²) in [4.78, 5) is 2.51. The minimum Gasteiger partial charge on any atom is -0.416 e. The normalized spacial score (nSPS) is 17.3. The van der Waals surface area contributed by atoms with Crippen LogP contribution in [0.3, 0.4) is 0 Å². The Hall–Kier alpha value is -0.980. The van der Waals surface area contributed by atoms with E-state index in [1.165, 1.54) is 30.2 Å². The van der Waals surface area contributed by atoms with E-state index in [-0.39, 0.29) is 0 Å².